The normalized spacial score (nSPS) is 14.3. The van der Waals surface area contributed by atoms with E-state index in [2.05, 4.69) is 28.2 Å². The molecule has 1 aromatic heterocycles. The van der Waals surface area contributed by atoms with E-state index in [1.807, 2.05) is 24.3 Å². The highest BCUT2D eigenvalue weighted by atomic mass is 32.1. The predicted molar refractivity (Wildman–Crippen MR) is 102 cm³/mol. The number of para-hydroxylation sites is 1. The van der Waals surface area contributed by atoms with Gasteiger partial charge in [0.15, 0.2) is 0 Å². The minimum absolute atomic E-state index is 0.0850. The lowest BCUT2D eigenvalue weighted by Crippen LogP contribution is -2.56. The van der Waals surface area contributed by atoms with Crippen LogP contribution in [0.4, 0.5) is 0 Å². The summed E-state index contributed by atoms with van der Waals surface area (Å²) in [6, 6.07) is 3.98. The smallest absolute Gasteiger partial charge is 0.328 e. The molecule has 10 heteroatoms. The molecule has 0 aliphatic rings. The number of carbonyl (C=O) groups is 3. The van der Waals surface area contributed by atoms with Crippen molar-refractivity contribution in [3.8, 4) is 0 Å². The van der Waals surface area contributed by atoms with E-state index >= 15 is 0 Å². The van der Waals surface area contributed by atoms with Crippen molar-refractivity contribution in [2.45, 2.75) is 24.5 Å². The van der Waals surface area contributed by atoms with E-state index in [1.165, 1.54) is 0 Å². The number of benzene rings is 1. The molecule has 1 aromatic carbocycles. The number of fused-ring (bicyclic) bond motifs is 1. The molecule has 2 amide bonds. The number of carboxylic acids is 1. The number of nitrogens with two attached hydrogens (primary N) is 1. The third-order valence-corrected chi connectivity index (χ3v) is 4.46. The first kappa shape index (κ1) is 20.7. The number of aliphatic hydroxyl groups is 1. The van der Waals surface area contributed by atoms with Gasteiger partial charge in [0.1, 0.15) is 12.1 Å². The maximum Gasteiger partial charge on any atom is 0.328 e. The lowest BCUT2D eigenvalue weighted by molar-refractivity contribution is -0.143. The van der Waals surface area contributed by atoms with E-state index in [1.54, 1.807) is 6.20 Å². The van der Waals surface area contributed by atoms with E-state index in [9.17, 15) is 14.4 Å². The van der Waals surface area contributed by atoms with Crippen LogP contribution in [0.2, 0.25) is 0 Å². The van der Waals surface area contributed by atoms with Gasteiger partial charge in [-0.05, 0) is 11.6 Å². The lowest BCUT2D eigenvalue weighted by atomic mass is 10.0. The molecule has 9 nitrogen and oxygen atoms in total. The summed E-state index contributed by atoms with van der Waals surface area (Å²) in [4.78, 5) is 38.8. The predicted octanol–water partition coefficient (Wildman–Crippen LogP) is -0.986. The highest BCUT2D eigenvalue weighted by Crippen LogP contribution is 2.19. The lowest BCUT2D eigenvalue weighted by Gasteiger charge is -2.22. The standard InChI is InChI=1S/C17H22N4O5S/c18-11(8-27)15(23)20-13(16(24)21-14(7-22)17(25)26)5-9-6-19-12-4-2-1-3-10(9)12/h1-4,6,11,13-14,19,22,27H,5,7-8,18H2,(H,20,23)(H,21,24)(H,25,26). The molecule has 0 aliphatic heterocycles. The molecule has 1 heterocycles. The Hall–Kier alpha value is -2.56. The average Bonchev–Trinajstić information content (AvgIpc) is 3.07. The Balaban J connectivity index is 2.24. The highest BCUT2D eigenvalue weighted by Gasteiger charge is 2.28. The number of aromatic amines is 1. The fraction of sp³-hybridized carbons (Fsp3) is 0.353. The van der Waals surface area contributed by atoms with Crippen LogP contribution in [0.15, 0.2) is 30.5 Å². The number of carbonyl (C=O) groups excluding carboxylic acids is 2. The monoisotopic (exact) mass is 394 g/mol. The molecule has 2 rings (SSSR count). The second-order valence-electron chi connectivity index (χ2n) is 6.00. The Morgan fingerprint density at radius 1 is 1.15 bits per heavy atom. The molecule has 0 saturated carbocycles. The number of amides is 2. The van der Waals surface area contributed by atoms with Crippen LogP contribution in [0.1, 0.15) is 5.56 Å². The Bertz CT molecular complexity index is 825. The SMILES string of the molecule is NC(CS)C(=O)NC(Cc1c[nH]c2ccccc12)C(=O)NC(CO)C(=O)O. The first-order valence-corrected chi connectivity index (χ1v) is 8.86. The van der Waals surface area contributed by atoms with Crippen molar-refractivity contribution in [2.24, 2.45) is 5.73 Å². The van der Waals surface area contributed by atoms with Crippen molar-refractivity contribution in [3.05, 3.63) is 36.0 Å². The van der Waals surface area contributed by atoms with Gasteiger partial charge in [-0.15, -0.1) is 0 Å². The summed E-state index contributed by atoms with van der Waals surface area (Å²) < 4.78 is 0. The number of nitrogens with one attached hydrogen (secondary N) is 3. The number of aliphatic carboxylic acids is 1. The van der Waals surface area contributed by atoms with E-state index in [0.717, 1.165) is 16.5 Å². The Morgan fingerprint density at radius 3 is 2.44 bits per heavy atom. The van der Waals surface area contributed by atoms with Gasteiger partial charge in [-0.1, -0.05) is 18.2 Å². The van der Waals surface area contributed by atoms with Crippen molar-refractivity contribution < 1.29 is 24.6 Å². The third-order valence-electron chi connectivity index (χ3n) is 4.06. The number of hydrogen-bond acceptors (Lipinski definition) is 6. The fourth-order valence-corrected chi connectivity index (χ4v) is 2.71. The van der Waals surface area contributed by atoms with Crippen LogP contribution in [0.3, 0.4) is 0 Å². The number of thiol groups is 1. The molecule has 146 valence electrons. The molecule has 0 spiro atoms. The van der Waals surface area contributed by atoms with Crippen molar-refractivity contribution >= 4 is 41.3 Å². The van der Waals surface area contributed by atoms with Crippen LogP contribution in [0.5, 0.6) is 0 Å². The van der Waals surface area contributed by atoms with Crippen LogP contribution >= 0.6 is 12.6 Å². The summed E-state index contributed by atoms with van der Waals surface area (Å²) in [5.74, 6) is -2.61. The maximum atomic E-state index is 12.6. The van der Waals surface area contributed by atoms with Crippen LogP contribution in [0.25, 0.3) is 10.9 Å². The van der Waals surface area contributed by atoms with Crippen molar-refractivity contribution in [1.82, 2.24) is 15.6 Å². The van der Waals surface area contributed by atoms with Gasteiger partial charge in [-0.25, -0.2) is 4.79 Å². The quantitative estimate of drug-likeness (QED) is 0.271. The van der Waals surface area contributed by atoms with Crippen molar-refractivity contribution in [3.63, 3.8) is 0 Å². The van der Waals surface area contributed by atoms with Crippen LogP contribution < -0.4 is 16.4 Å². The van der Waals surface area contributed by atoms with Crippen LogP contribution in [0, 0.1) is 0 Å². The van der Waals surface area contributed by atoms with Gasteiger partial charge >= 0.3 is 5.97 Å². The van der Waals surface area contributed by atoms with E-state index in [0.29, 0.717) is 0 Å². The van der Waals surface area contributed by atoms with Crippen LogP contribution in [-0.2, 0) is 20.8 Å². The topological polar surface area (TPSA) is 158 Å². The summed E-state index contributed by atoms with van der Waals surface area (Å²) in [6.45, 7) is -0.773. The zero-order valence-corrected chi connectivity index (χ0v) is 15.3. The summed E-state index contributed by atoms with van der Waals surface area (Å²) in [7, 11) is 0. The van der Waals surface area contributed by atoms with Gasteiger partial charge in [-0.3, -0.25) is 9.59 Å². The minimum Gasteiger partial charge on any atom is -0.480 e. The number of aromatic nitrogens is 1. The van der Waals surface area contributed by atoms with E-state index in [-0.39, 0.29) is 12.2 Å². The summed E-state index contributed by atoms with van der Waals surface area (Å²) in [5, 5.41) is 23.7. The summed E-state index contributed by atoms with van der Waals surface area (Å²) in [6.07, 6.45) is 1.83. The fourth-order valence-electron chi connectivity index (χ4n) is 2.55. The number of rotatable bonds is 9. The molecule has 0 radical (unpaired) electrons. The zero-order valence-electron chi connectivity index (χ0n) is 14.4. The average molecular weight is 394 g/mol. The number of H-pyrrole nitrogens is 1. The molecule has 3 unspecified atom stereocenters. The van der Waals surface area contributed by atoms with E-state index in [4.69, 9.17) is 15.9 Å². The molecule has 27 heavy (non-hydrogen) atoms. The molecule has 0 aliphatic carbocycles. The number of hydrogen-bond donors (Lipinski definition) is 7. The van der Waals surface area contributed by atoms with Crippen molar-refractivity contribution in [2.75, 3.05) is 12.4 Å². The van der Waals surface area contributed by atoms with Gasteiger partial charge in [0.2, 0.25) is 11.8 Å². The molecule has 0 saturated heterocycles. The van der Waals surface area contributed by atoms with Gasteiger partial charge in [-0.2, -0.15) is 12.6 Å². The largest absolute Gasteiger partial charge is 0.480 e. The summed E-state index contributed by atoms with van der Waals surface area (Å²) >= 11 is 3.96. The van der Waals surface area contributed by atoms with Gasteiger partial charge in [0, 0.05) is 29.3 Å². The third kappa shape index (κ3) is 5.22. The molecular formula is C17H22N4O5S. The second-order valence-corrected chi connectivity index (χ2v) is 6.36. The molecule has 7 N–H and O–H groups in total. The Morgan fingerprint density at radius 2 is 1.81 bits per heavy atom. The molecule has 2 aromatic rings. The second kappa shape index (κ2) is 9.40. The Kier molecular flexibility index (Phi) is 7.22. The Labute approximate surface area is 160 Å². The van der Waals surface area contributed by atoms with E-state index < -0.39 is 42.5 Å². The zero-order chi connectivity index (χ0) is 20.0. The summed E-state index contributed by atoms with van der Waals surface area (Å²) in [5.41, 5.74) is 7.27. The number of carboxylic acid groups (broad SMARTS) is 1. The maximum absolute atomic E-state index is 12.6. The van der Waals surface area contributed by atoms with Gasteiger partial charge in [0.25, 0.3) is 0 Å². The highest BCUT2D eigenvalue weighted by molar-refractivity contribution is 7.80. The van der Waals surface area contributed by atoms with Gasteiger partial charge < -0.3 is 31.6 Å². The molecule has 3 atom stereocenters. The number of aliphatic hydroxyl groups excluding tert-OH is 1. The first-order valence-electron chi connectivity index (χ1n) is 8.23. The molecule has 0 fully saturated rings. The van der Waals surface area contributed by atoms with Crippen molar-refractivity contribution in [1.29, 1.82) is 0 Å². The van der Waals surface area contributed by atoms with Crippen LogP contribution in [-0.4, -0.2) is 63.5 Å². The van der Waals surface area contributed by atoms with Gasteiger partial charge in [0.05, 0.1) is 12.6 Å². The molecular weight excluding hydrogens is 372 g/mol. The molecule has 0 bridgehead atoms. The first-order chi connectivity index (χ1) is 12.9. The minimum atomic E-state index is -1.47.